The Hall–Kier alpha value is -2.86. The molecule has 1 spiro atoms. The molecule has 0 bridgehead atoms. The van der Waals surface area contributed by atoms with Gasteiger partial charge in [-0.05, 0) is 56.2 Å². The quantitative estimate of drug-likeness (QED) is 0.368. The van der Waals surface area contributed by atoms with E-state index in [1.54, 1.807) is 4.57 Å². The van der Waals surface area contributed by atoms with E-state index >= 15 is 0 Å². The first-order chi connectivity index (χ1) is 17.2. The second-order valence-electron chi connectivity index (χ2n) is 10.1. The Kier molecular flexibility index (Phi) is 6.01. The second-order valence-corrected chi connectivity index (χ2v) is 11.1. The summed E-state index contributed by atoms with van der Waals surface area (Å²) in [5.41, 5.74) is 4.77. The highest BCUT2D eigenvalue weighted by molar-refractivity contribution is 7.99. The summed E-state index contributed by atoms with van der Waals surface area (Å²) in [6.45, 7) is 1.66. The molecule has 35 heavy (non-hydrogen) atoms. The number of carbonyl (C=O) groups excluding carboxylic acids is 1. The number of rotatable bonds is 4. The molecule has 2 heterocycles. The highest BCUT2D eigenvalue weighted by Crippen LogP contribution is 2.50. The number of para-hydroxylation sites is 1. The Morgan fingerprint density at radius 3 is 2.40 bits per heavy atom. The summed E-state index contributed by atoms with van der Waals surface area (Å²) in [5, 5.41) is 0.607. The van der Waals surface area contributed by atoms with Crippen molar-refractivity contribution in [1.82, 2.24) is 14.5 Å². The molecular weight excluding hydrogens is 454 g/mol. The van der Waals surface area contributed by atoms with Crippen molar-refractivity contribution < 1.29 is 4.79 Å². The number of benzene rings is 2. The third-order valence-electron chi connectivity index (χ3n) is 7.99. The number of nitrogens with zero attached hydrogens (tertiary/aromatic N) is 3. The highest BCUT2D eigenvalue weighted by atomic mass is 32.2. The van der Waals surface area contributed by atoms with Crippen molar-refractivity contribution in [3.8, 4) is 16.9 Å². The summed E-state index contributed by atoms with van der Waals surface area (Å²) in [5.74, 6) is 0.430. The van der Waals surface area contributed by atoms with E-state index in [2.05, 4.69) is 18.2 Å². The second kappa shape index (κ2) is 9.30. The Morgan fingerprint density at radius 2 is 1.63 bits per heavy atom. The van der Waals surface area contributed by atoms with E-state index in [1.165, 1.54) is 23.7 Å². The van der Waals surface area contributed by atoms with Crippen LogP contribution >= 0.6 is 11.8 Å². The number of piperidine rings is 1. The van der Waals surface area contributed by atoms with Crippen molar-refractivity contribution in [1.29, 1.82) is 0 Å². The van der Waals surface area contributed by atoms with Gasteiger partial charge in [-0.2, -0.15) is 0 Å². The maximum atomic E-state index is 14.4. The van der Waals surface area contributed by atoms with E-state index in [0.717, 1.165) is 80.5 Å². The minimum Gasteiger partial charge on any atom is -0.342 e. The van der Waals surface area contributed by atoms with Crippen LogP contribution in [0, 0.1) is 0 Å². The van der Waals surface area contributed by atoms with Crippen molar-refractivity contribution in [3.05, 3.63) is 76.1 Å². The van der Waals surface area contributed by atoms with Gasteiger partial charge in [0.1, 0.15) is 0 Å². The van der Waals surface area contributed by atoms with Gasteiger partial charge in [-0.15, -0.1) is 0 Å². The minimum absolute atomic E-state index is 0.0329. The van der Waals surface area contributed by atoms with Crippen LogP contribution in [0.3, 0.4) is 0 Å². The van der Waals surface area contributed by atoms with Crippen molar-refractivity contribution in [3.63, 3.8) is 0 Å². The SMILES string of the molecule is O=C(CSc1nc2c(c(=O)n1-c1ccccc1)C1(CCCC1)Cc1ccccc1-2)N1CCCCC1. The number of carbonyl (C=O) groups is 1. The number of aromatic nitrogens is 2. The van der Waals surface area contributed by atoms with Gasteiger partial charge >= 0.3 is 0 Å². The molecule has 3 aliphatic rings. The van der Waals surface area contributed by atoms with E-state index in [4.69, 9.17) is 4.98 Å². The van der Waals surface area contributed by atoms with Crippen LogP contribution in [0.25, 0.3) is 16.9 Å². The number of hydrogen-bond donors (Lipinski definition) is 0. The van der Waals surface area contributed by atoms with Crippen LogP contribution < -0.4 is 5.56 Å². The Bertz CT molecular complexity index is 1310. The van der Waals surface area contributed by atoms with Crippen molar-refractivity contribution >= 4 is 17.7 Å². The van der Waals surface area contributed by atoms with Crippen LogP contribution in [-0.2, 0) is 16.6 Å². The molecule has 0 unspecified atom stereocenters. The van der Waals surface area contributed by atoms with Crippen LogP contribution in [0.4, 0.5) is 0 Å². The van der Waals surface area contributed by atoms with Gasteiger partial charge in [-0.25, -0.2) is 4.98 Å². The highest BCUT2D eigenvalue weighted by Gasteiger charge is 2.44. The molecule has 2 aliphatic carbocycles. The summed E-state index contributed by atoms with van der Waals surface area (Å²) in [7, 11) is 0. The van der Waals surface area contributed by atoms with Crippen LogP contribution in [0.1, 0.15) is 56.1 Å². The largest absolute Gasteiger partial charge is 0.342 e. The van der Waals surface area contributed by atoms with E-state index in [9.17, 15) is 9.59 Å². The van der Waals surface area contributed by atoms with Crippen molar-refractivity contribution in [2.24, 2.45) is 0 Å². The average molecular weight is 486 g/mol. The molecule has 180 valence electrons. The Morgan fingerprint density at radius 1 is 0.914 bits per heavy atom. The molecule has 3 aromatic rings. The van der Waals surface area contributed by atoms with Crippen LogP contribution in [-0.4, -0.2) is 39.2 Å². The molecule has 6 rings (SSSR count). The lowest BCUT2D eigenvalue weighted by atomic mass is 9.68. The van der Waals surface area contributed by atoms with Crippen LogP contribution in [0.2, 0.25) is 0 Å². The zero-order valence-corrected chi connectivity index (χ0v) is 20.9. The average Bonchev–Trinajstić information content (AvgIpc) is 3.36. The van der Waals surface area contributed by atoms with Gasteiger partial charge in [0.15, 0.2) is 5.16 Å². The third-order valence-corrected chi connectivity index (χ3v) is 8.92. The van der Waals surface area contributed by atoms with Gasteiger partial charge in [0, 0.05) is 24.1 Å². The number of amides is 1. The lowest BCUT2D eigenvalue weighted by molar-refractivity contribution is -0.129. The lowest BCUT2D eigenvalue weighted by Gasteiger charge is -2.36. The Balaban J connectivity index is 1.49. The molecule has 0 N–H and O–H groups in total. The predicted octanol–water partition coefficient (Wildman–Crippen LogP) is 5.37. The standard InChI is InChI=1S/C29H31N3O2S/c33-24(31-17-9-2-10-18-31)20-35-28-30-26-23-14-6-5-11-21(23)19-29(15-7-8-16-29)25(26)27(34)32(28)22-12-3-1-4-13-22/h1,3-6,11-14H,2,7-10,15-20H2. The molecular formula is C29H31N3O2S. The molecule has 1 aliphatic heterocycles. The normalized spacial score (nSPS) is 18.3. The molecule has 1 saturated heterocycles. The molecule has 2 fully saturated rings. The van der Waals surface area contributed by atoms with Gasteiger partial charge < -0.3 is 4.90 Å². The number of hydrogen-bond acceptors (Lipinski definition) is 4. The summed E-state index contributed by atoms with van der Waals surface area (Å²) in [4.78, 5) is 34.5. The molecule has 1 saturated carbocycles. The first-order valence-electron chi connectivity index (χ1n) is 12.9. The summed E-state index contributed by atoms with van der Waals surface area (Å²) in [6, 6.07) is 18.2. The van der Waals surface area contributed by atoms with Crippen molar-refractivity contribution in [2.45, 2.75) is 61.9 Å². The first-order valence-corrected chi connectivity index (χ1v) is 13.9. The minimum atomic E-state index is -0.142. The monoisotopic (exact) mass is 485 g/mol. The topological polar surface area (TPSA) is 55.2 Å². The van der Waals surface area contributed by atoms with Gasteiger partial charge in [0.05, 0.1) is 22.7 Å². The molecule has 0 radical (unpaired) electrons. The van der Waals surface area contributed by atoms with Crippen LogP contribution in [0.5, 0.6) is 0 Å². The predicted molar refractivity (Wildman–Crippen MR) is 140 cm³/mol. The lowest BCUT2D eigenvalue weighted by Crippen LogP contribution is -2.40. The summed E-state index contributed by atoms with van der Waals surface area (Å²) < 4.78 is 1.76. The fraction of sp³-hybridized carbons (Fsp3) is 0.414. The molecule has 1 amide bonds. The molecule has 0 atom stereocenters. The van der Waals surface area contributed by atoms with E-state index in [1.807, 2.05) is 41.3 Å². The van der Waals surface area contributed by atoms with Gasteiger partial charge in [0.2, 0.25) is 5.91 Å². The van der Waals surface area contributed by atoms with Crippen molar-refractivity contribution in [2.75, 3.05) is 18.8 Å². The number of likely N-dealkylation sites (tertiary alicyclic amines) is 1. The zero-order chi connectivity index (χ0) is 23.8. The fourth-order valence-corrected chi connectivity index (χ4v) is 7.18. The summed E-state index contributed by atoms with van der Waals surface area (Å²) in [6.07, 6.45) is 8.59. The van der Waals surface area contributed by atoms with E-state index in [-0.39, 0.29) is 16.9 Å². The maximum absolute atomic E-state index is 14.4. The van der Waals surface area contributed by atoms with Crippen LogP contribution in [0.15, 0.2) is 64.5 Å². The molecule has 5 nitrogen and oxygen atoms in total. The van der Waals surface area contributed by atoms with Gasteiger partial charge in [-0.1, -0.05) is 67.1 Å². The summed E-state index contributed by atoms with van der Waals surface area (Å²) >= 11 is 1.40. The smallest absolute Gasteiger partial charge is 0.263 e. The van der Waals surface area contributed by atoms with E-state index in [0.29, 0.717) is 10.9 Å². The molecule has 2 aromatic carbocycles. The first kappa shape index (κ1) is 22.6. The maximum Gasteiger partial charge on any atom is 0.263 e. The van der Waals surface area contributed by atoms with Gasteiger partial charge in [-0.3, -0.25) is 14.2 Å². The number of fused-ring (bicyclic) bond motifs is 4. The van der Waals surface area contributed by atoms with E-state index < -0.39 is 0 Å². The van der Waals surface area contributed by atoms with Gasteiger partial charge in [0.25, 0.3) is 5.56 Å². The fourth-order valence-electron chi connectivity index (χ4n) is 6.27. The third kappa shape index (κ3) is 4.02. The number of thioether (sulfide) groups is 1. The molecule has 1 aromatic heterocycles. The Labute approximate surface area is 210 Å². The molecule has 6 heteroatoms. The zero-order valence-electron chi connectivity index (χ0n) is 20.0.